The van der Waals surface area contributed by atoms with E-state index >= 15 is 0 Å². The van der Waals surface area contributed by atoms with Crippen molar-refractivity contribution >= 4 is 23.0 Å². The molecule has 27 heavy (non-hydrogen) atoms. The Kier molecular flexibility index (Phi) is 4.87. The van der Waals surface area contributed by atoms with E-state index in [4.69, 9.17) is 4.42 Å². The maximum atomic E-state index is 12.6. The highest BCUT2D eigenvalue weighted by Gasteiger charge is 2.26. The van der Waals surface area contributed by atoms with Gasteiger partial charge in [-0.3, -0.25) is 9.78 Å². The van der Waals surface area contributed by atoms with E-state index in [9.17, 15) is 14.4 Å². The fraction of sp³-hybridized carbons (Fsp3) is 0.526. The molecule has 1 aromatic carbocycles. The molecule has 4 rings (SSSR count). The number of oxazole rings is 1. The number of fused-ring (bicyclic) bond motifs is 1. The van der Waals surface area contributed by atoms with Crippen LogP contribution >= 0.6 is 0 Å². The molecule has 0 atom stereocenters. The molecule has 1 aliphatic heterocycles. The second-order valence-electron chi connectivity index (χ2n) is 7.32. The smallest absolute Gasteiger partial charge is 0.408 e. The Morgan fingerprint density at radius 2 is 1.81 bits per heavy atom. The molecule has 1 saturated heterocycles. The van der Waals surface area contributed by atoms with Gasteiger partial charge < -0.3 is 19.5 Å². The Hall–Kier alpha value is -2.77. The molecule has 2 aromatic rings. The van der Waals surface area contributed by atoms with Crippen LogP contribution in [0.1, 0.15) is 31.2 Å². The third-order valence-corrected chi connectivity index (χ3v) is 5.44. The standard InChI is InChI=1S/C19H24N4O4/c24-17(12-13-5-6-16-15(11-13)21-19(26)27-16)22-7-9-23(10-8-22)18(25)20-14-3-1-2-4-14/h5-6,11,14H,1-4,7-10,12H2,(H,20,25)(H,21,26). The number of carbonyl (C=O) groups is 2. The van der Waals surface area contributed by atoms with Crippen molar-refractivity contribution in [3.63, 3.8) is 0 Å². The summed E-state index contributed by atoms with van der Waals surface area (Å²) < 4.78 is 4.98. The average Bonchev–Trinajstić information content (AvgIpc) is 3.30. The van der Waals surface area contributed by atoms with Gasteiger partial charge in [0.15, 0.2) is 5.58 Å². The number of piperazine rings is 1. The van der Waals surface area contributed by atoms with Crippen molar-refractivity contribution in [2.45, 2.75) is 38.1 Å². The topological polar surface area (TPSA) is 98.7 Å². The van der Waals surface area contributed by atoms with Gasteiger partial charge in [-0.1, -0.05) is 18.9 Å². The minimum Gasteiger partial charge on any atom is -0.408 e. The molecule has 1 aromatic heterocycles. The number of urea groups is 1. The van der Waals surface area contributed by atoms with E-state index in [0.717, 1.165) is 18.4 Å². The zero-order valence-corrected chi connectivity index (χ0v) is 15.2. The molecule has 2 fully saturated rings. The van der Waals surface area contributed by atoms with Crippen LogP contribution in [0.5, 0.6) is 0 Å². The average molecular weight is 372 g/mol. The zero-order chi connectivity index (χ0) is 18.8. The second-order valence-corrected chi connectivity index (χ2v) is 7.32. The first-order valence-electron chi connectivity index (χ1n) is 9.53. The molecule has 8 nitrogen and oxygen atoms in total. The van der Waals surface area contributed by atoms with E-state index in [1.165, 1.54) is 12.8 Å². The number of aromatic amines is 1. The summed E-state index contributed by atoms with van der Waals surface area (Å²) in [6.07, 6.45) is 4.77. The van der Waals surface area contributed by atoms with Crippen molar-refractivity contribution in [2.24, 2.45) is 0 Å². The van der Waals surface area contributed by atoms with Crippen LogP contribution in [0.2, 0.25) is 0 Å². The molecule has 1 saturated carbocycles. The van der Waals surface area contributed by atoms with Gasteiger partial charge in [0.05, 0.1) is 11.9 Å². The number of nitrogens with zero attached hydrogens (tertiary/aromatic N) is 2. The maximum Gasteiger partial charge on any atom is 0.417 e. The third-order valence-electron chi connectivity index (χ3n) is 5.44. The minimum absolute atomic E-state index is 0.0108. The fourth-order valence-corrected chi connectivity index (χ4v) is 3.89. The highest BCUT2D eigenvalue weighted by molar-refractivity contribution is 5.81. The number of benzene rings is 1. The number of carbonyl (C=O) groups excluding carboxylic acids is 2. The van der Waals surface area contributed by atoms with Crippen molar-refractivity contribution in [1.29, 1.82) is 0 Å². The molecule has 2 heterocycles. The van der Waals surface area contributed by atoms with E-state index in [2.05, 4.69) is 10.3 Å². The molecule has 0 unspecified atom stereocenters. The Balaban J connectivity index is 1.29. The highest BCUT2D eigenvalue weighted by atomic mass is 16.4. The summed E-state index contributed by atoms with van der Waals surface area (Å²) in [7, 11) is 0. The van der Waals surface area contributed by atoms with Crippen LogP contribution in [0, 0.1) is 0 Å². The van der Waals surface area contributed by atoms with Crippen LogP contribution in [-0.2, 0) is 11.2 Å². The summed E-state index contributed by atoms with van der Waals surface area (Å²) in [6.45, 7) is 2.19. The van der Waals surface area contributed by atoms with Crippen molar-refractivity contribution in [3.05, 3.63) is 34.3 Å². The van der Waals surface area contributed by atoms with Crippen molar-refractivity contribution < 1.29 is 14.0 Å². The molecule has 0 spiro atoms. The molecule has 0 bridgehead atoms. The normalized spacial score (nSPS) is 18.2. The summed E-state index contributed by atoms with van der Waals surface area (Å²) >= 11 is 0. The molecule has 2 N–H and O–H groups in total. The Morgan fingerprint density at radius 3 is 2.56 bits per heavy atom. The first-order chi connectivity index (χ1) is 13.1. The third kappa shape index (κ3) is 3.99. The van der Waals surface area contributed by atoms with E-state index in [-0.39, 0.29) is 18.4 Å². The lowest BCUT2D eigenvalue weighted by Crippen LogP contribution is -2.54. The lowest BCUT2D eigenvalue weighted by atomic mass is 10.1. The number of amides is 3. The molecule has 1 aliphatic carbocycles. The molecule has 3 amide bonds. The number of rotatable bonds is 3. The first-order valence-corrected chi connectivity index (χ1v) is 9.53. The Bertz CT molecular complexity index is 888. The van der Waals surface area contributed by atoms with Gasteiger partial charge in [0.2, 0.25) is 5.91 Å². The van der Waals surface area contributed by atoms with Gasteiger partial charge in [-0.2, -0.15) is 0 Å². The Morgan fingerprint density at radius 1 is 1.11 bits per heavy atom. The largest absolute Gasteiger partial charge is 0.417 e. The fourth-order valence-electron chi connectivity index (χ4n) is 3.89. The van der Waals surface area contributed by atoms with Crippen molar-refractivity contribution in [2.75, 3.05) is 26.2 Å². The maximum absolute atomic E-state index is 12.6. The second kappa shape index (κ2) is 7.46. The molecule has 144 valence electrons. The van der Waals surface area contributed by atoms with Crippen LogP contribution in [0.3, 0.4) is 0 Å². The minimum atomic E-state index is -0.500. The van der Waals surface area contributed by atoms with Crippen LogP contribution in [0.25, 0.3) is 11.1 Å². The summed E-state index contributed by atoms with van der Waals surface area (Å²) in [6, 6.07) is 5.55. The van der Waals surface area contributed by atoms with Gasteiger partial charge in [0.25, 0.3) is 0 Å². The van der Waals surface area contributed by atoms with Gasteiger partial charge in [-0.05, 0) is 30.5 Å². The summed E-state index contributed by atoms with van der Waals surface area (Å²) in [5.74, 6) is -0.475. The van der Waals surface area contributed by atoms with Crippen LogP contribution in [-0.4, -0.2) is 58.9 Å². The van der Waals surface area contributed by atoms with Crippen LogP contribution in [0.15, 0.2) is 27.4 Å². The van der Waals surface area contributed by atoms with Gasteiger partial charge in [0, 0.05) is 32.2 Å². The first kappa shape index (κ1) is 17.6. The SMILES string of the molecule is O=C(Cc1ccc2oc(=O)[nH]c2c1)N1CCN(C(=O)NC2CCCC2)CC1. The number of hydrogen-bond acceptors (Lipinski definition) is 4. The summed E-state index contributed by atoms with van der Waals surface area (Å²) in [4.78, 5) is 42.3. The molecule has 2 aliphatic rings. The number of aromatic nitrogens is 1. The number of hydrogen-bond donors (Lipinski definition) is 2. The van der Waals surface area contributed by atoms with Gasteiger partial charge in [-0.25, -0.2) is 9.59 Å². The van der Waals surface area contributed by atoms with E-state index in [0.29, 0.717) is 43.3 Å². The predicted molar refractivity (Wildman–Crippen MR) is 99.5 cm³/mol. The lowest BCUT2D eigenvalue weighted by Gasteiger charge is -2.35. The molecular weight excluding hydrogens is 348 g/mol. The Labute approximate surface area is 156 Å². The molecule has 8 heteroatoms. The molecular formula is C19H24N4O4. The van der Waals surface area contributed by atoms with E-state index in [1.54, 1.807) is 28.0 Å². The highest BCUT2D eigenvalue weighted by Crippen LogP contribution is 2.18. The van der Waals surface area contributed by atoms with Gasteiger partial charge in [0.1, 0.15) is 0 Å². The predicted octanol–water partition coefficient (Wildman–Crippen LogP) is 1.46. The van der Waals surface area contributed by atoms with Gasteiger partial charge in [-0.15, -0.1) is 0 Å². The molecule has 0 radical (unpaired) electrons. The lowest BCUT2D eigenvalue weighted by molar-refractivity contribution is -0.131. The van der Waals surface area contributed by atoms with E-state index in [1.807, 2.05) is 0 Å². The van der Waals surface area contributed by atoms with Crippen molar-refractivity contribution in [1.82, 2.24) is 20.1 Å². The number of H-pyrrole nitrogens is 1. The number of nitrogens with one attached hydrogen (secondary N) is 2. The van der Waals surface area contributed by atoms with Crippen molar-refractivity contribution in [3.8, 4) is 0 Å². The zero-order valence-electron chi connectivity index (χ0n) is 15.2. The van der Waals surface area contributed by atoms with Gasteiger partial charge >= 0.3 is 11.8 Å². The summed E-state index contributed by atoms with van der Waals surface area (Å²) in [5, 5.41) is 3.10. The van der Waals surface area contributed by atoms with E-state index < -0.39 is 5.76 Å². The summed E-state index contributed by atoms with van der Waals surface area (Å²) in [5.41, 5.74) is 1.91. The van der Waals surface area contributed by atoms with Crippen LogP contribution in [0.4, 0.5) is 4.79 Å². The quantitative estimate of drug-likeness (QED) is 0.852. The monoisotopic (exact) mass is 372 g/mol. The van der Waals surface area contributed by atoms with Crippen LogP contribution < -0.4 is 11.1 Å².